The number of halogens is 4. The van der Waals surface area contributed by atoms with Gasteiger partial charge >= 0.3 is 6.18 Å². The van der Waals surface area contributed by atoms with Crippen molar-refractivity contribution in [3.63, 3.8) is 0 Å². The van der Waals surface area contributed by atoms with Crippen molar-refractivity contribution in [2.24, 2.45) is 5.73 Å². The van der Waals surface area contributed by atoms with Crippen LogP contribution < -0.4 is 5.73 Å². The molecular formula is C15H13BrF3N. The number of rotatable bonds is 2. The molecule has 0 aliphatic carbocycles. The lowest BCUT2D eigenvalue weighted by atomic mass is 9.94. The fourth-order valence-corrected chi connectivity index (χ4v) is 2.55. The molecule has 0 aliphatic rings. The summed E-state index contributed by atoms with van der Waals surface area (Å²) in [6, 6.07) is 10.3. The van der Waals surface area contributed by atoms with E-state index in [1.165, 1.54) is 6.07 Å². The van der Waals surface area contributed by atoms with Gasteiger partial charge < -0.3 is 5.73 Å². The average Bonchev–Trinajstić information content (AvgIpc) is 2.37. The van der Waals surface area contributed by atoms with E-state index in [-0.39, 0.29) is 0 Å². The van der Waals surface area contributed by atoms with Crippen LogP contribution in [0.1, 0.15) is 28.3 Å². The number of hydrogen-bond acceptors (Lipinski definition) is 1. The molecule has 0 amide bonds. The monoisotopic (exact) mass is 343 g/mol. The molecule has 2 aromatic rings. The summed E-state index contributed by atoms with van der Waals surface area (Å²) in [7, 11) is 0. The Hall–Kier alpha value is -1.33. The molecule has 0 radical (unpaired) electrons. The largest absolute Gasteiger partial charge is 0.416 e. The highest BCUT2D eigenvalue weighted by Crippen LogP contribution is 2.35. The van der Waals surface area contributed by atoms with Gasteiger partial charge in [0, 0.05) is 4.47 Å². The average molecular weight is 344 g/mol. The Balaban J connectivity index is 2.50. The maximum atomic E-state index is 12.8. The van der Waals surface area contributed by atoms with Crippen LogP contribution in [-0.4, -0.2) is 0 Å². The van der Waals surface area contributed by atoms with Crippen molar-refractivity contribution in [1.82, 2.24) is 0 Å². The first-order chi connectivity index (χ1) is 9.30. The van der Waals surface area contributed by atoms with E-state index in [0.717, 1.165) is 23.3 Å². The fourth-order valence-electron chi connectivity index (χ4n) is 2.06. The first kappa shape index (κ1) is 15.1. The summed E-state index contributed by atoms with van der Waals surface area (Å²) < 4.78 is 38.9. The highest BCUT2D eigenvalue weighted by atomic mass is 79.9. The third-order valence-electron chi connectivity index (χ3n) is 3.18. The summed E-state index contributed by atoms with van der Waals surface area (Å²) >= 11 is 3.27. The topological polar surface area (TPSA) is 26.0 Å². The van der Waals surface area contributed by atoms with Crippen LogP contribution in [-0.2, 0) is 6.18 Å². The minimum Gasteiger partial charge on any atom is -0.320 e. The molecule has 0 fully saturated rings. The van der Waals surface area contributed by atoms with Gasteiger partial charge in [-0.3, -0.25) is 0 Å². The molecule has 2 N–H and O–H groups in total. The molecule has 106 valence electrons. The lowest BCUT2D eigenvalue weighted by molar-refractivity contribution is -0.137. The Morgan fingerprint density at radius 1 is 1.05 bits per heavy atom. The SMILES string of the molecule is Cc1ccccc1C(N)c1cc(C(F)(F)F)ccc1Br. The zero-order valence-corrected chi connectivity index (χ0v) is 12.3. The number of benzene rings is 2. The third kappa shape index (κ3) is 3.04. The minimum absolute atomic E-state index is 0.425. The van der Waals surface area contributed by atoms with E-state index in [0.29, 0.717) is 10.0 Å². The van der Waals surface area contributed by atoms with E-state index in [1.54, 1.807) is 0 Å². The summed E-state index contributed by atoms with van der Waals surface area (Å²) in [6.45, 7) is 1.89. The second kappa shape index (κ2) is 5.58. The zero-order valence-electron chi connectivity index (χ0n) is 10.7. The van der Waals surface area contributed by atoms with Gasteiger partial charge in [-0.25, -0.2) is 0 Å². The van der Waals surface area contributed by atoms with Gasteiger partial charge in [0.1, 0.15) is 0 Å². The van der Waals surface area contributed by atoms with Gasteiger partial charge in [-0.1, -0.05) is 40.2 Å². The van der Waals surface area contributed by atoms with Crippen LogP contribution in [0.2, 0.25) is 0 Å². The predicted molar refractivity (Wildman–Crippen MR) is 76.4 cm³/mol. The molecule has 2 rings (SSSR count). The van der Waals surface area contributed by atoms with Gasteiger partial charge in [-0.05, 0) is 41.8 Å². The summed E-state index contributed by atoms with van der Waals surface area (Å²) in [5.41, 5.74) is 7.62. The standard InChI is InChI=1S/C15H13BrF3N/c1-9-4-2-3-5-11(9)14(20)12-8-10(15(17,18)19)6-7-13(12)16/h2-8,14H,20H2,1H3. The van der Waals surface area contributed by atoms with Crippen LogP contribution in [0, 0.1) is 6.92 Å². The van der Waals surface area contributed by atoms with Crippen molar-refractivity contribution in [3.05, 3.63) is 69.2 Å². The number of nitrogens with two attached hydrogens (primary N) is 1. The van der Waals surface area contributed by atoms with Crippen molar-refractivity contribution < 1.29 is 13.2 Å². The molecule has 5 heteroatoms. The quantitative estimate of drug-likeness (QED) is 0.830. The van der Waals surface area contributed by atoms with Crippen molar-refractivity contribution in [3.8, 4) is 0 Å². The van der Waals surface area contributed by atoms with Gasteiger partial charge in [-0.2, -0.15) is 13.2 Å². The molecule has 0 bridgehead atoms. The first-order valence-electron chi connectivity index (χ1n) is 5.98. The molecule has 0 aliphatic heterocycles. The summed E-state index contributed by atoms with van der Waals surface area (Å²) in [5, 5.41) is 0. The highest BCUT2D eigenvalue weighted by molar-refractivity contribution is 9.10. The minimum atomic E-state index is -4.37. The zero-order chi connectivity index (χ0) is 14.9. The predicted octanol–water partition coefficient (Wildman–Crippen LogP) is 4.82. The van der Waals surface area contributed by atoms with Gasteiger partial charge in [-0.15, -0.1) is 0 Å². The molecule has 20 heavy (non-hydrogen) atoms. The maximum Gasteiger partial charge on any atom is 0.416 e. The summed E-state index contributed by atoms with van der Waals surface area (Å²) in [6.07, 6.45) is -4.37. The van der Waals surface area contributed by atoms with Gasteiger partial charge in [0.25, 0.3) is 0 Å². The lowest BCUT2D eigenvalue weighted by Gasteiger charge is -2.18. The molecule has 1 atom stereocenters. The number of hydrogen-bond donors (Lipinski definition) is 1. The number of alkyl halides is 3. The van der Waals surface area contributed by atoms with E-state index < -0.39 is 17.8 Å². The molecule has 2 aromatic carbocycles. The van der Waals surface area contributed by atoms with E-state index in [2.05, 4.69) is 15.9 Å². The van der Waals surface area contributed by atoms with E-state index >= 15 is 0 Å². The molecule has 0 heterocycles. The van der Waals surface area contributed by atoms with Crippen molar-refractivity contribution in [1.29, 1.82) is 0 Å². The first-order valence-corrected chi connectivity index (χ1v) is 6.77. The summed E-state index contributed by atoms with van der Waals surface area (Å²) in [4.78, 5) is 0. The Morgan fingerprint density at radius 3 is 2.30 bits per heavy atom. The van der Waals surface area contributed by atoms with Crippen molar-refractivity contribution in [2.45, 2.75) is 19.1 Å². The van der Waals surface area contributed by atoms with Gasteiger partial charge in [0.05, 0.1) is 11.6 Å². The molecule has 1 nitrogen and oxygen atoms in total. The molecular weight excluding hydrogens is 331 g/mol. The maximum absolute atomic E-state index is 12.8. The summed E-state index contributed by atoms with van der Waals surface area (Å²) in [5.74, 6) is 0. The fraction of sp³-hybridized carbons (Fsp3) is 0.200. The van der Waals surface area contributed by atoms with Crippen LogP contribution >= 0.6 is 15.9 Å². The molecule has 0 aromatic heterocycles. The smallest absolute Gasteiger partial charge is 0.320 e. The van der Waals surface area contributed by atoms with Crippen LogP contribution in [0.3, 0.4) is 0 Å². The Kier molecular flexibility index (Phi) is 4.20. The van der Waals surface area contributed by atoms with Crippen LogP contribution in [0.25, 0.3) is 0 Å². The Labute approximate surface area is 123 Å². The second-order valence-corrected chi connectivity index (χ2v) is 5.42. The van der Waals surface area contributed by atoms with Crippen molar-refractivity contribution >= 4 is 15.9 Å². The Morgan fingerprint density at radius 2 is 1.70 bits per heavy atom. The lowest BCUT2D eigenvalue weighted by Crippen LogP contribution is -2.15. The van der Waals surface area contributed by atoms with Crippen LogP contribution in [0.4, 0.5) is 13.2 Å². The highest BCUT2D eigenvalue weighted by Gasteiger charge is 2.31. The second-order valence-electron chi connectivity index (χ2n) is 4.57. The van der Waals surface area contributed by atoms with Crippen molar-refractivity contribution in [2.75, 3.05) is 0 Å². The van der Waals surface area contributed by atoms with E-state index in [1.807, 2.05) is 31.2 Å². The van der Waals surface area contributed by atoms with E-state index in [4.69, 9.17) is 5.73 Å². The van der Waals surface area contributed by atoms with Crippen LogP contribution in [0.15, 0.2) is 46.9 Å². The third-order valence-corrected chi connectivity index (χ3v) is 3.90. The normalized spacial score (nSPS) is 13.3. The molecule has 0 saturated heterocycles. The number of aryl methyl sites for hydroxylation is 1. The Bertz CT molecular complexity index is 623. The molecule has 1 unspecified atom stereocenters. The van der Waals surface area contributed by atoms with E-state index in [9.17, 15) is 13.2 Å². The molecule has 0 spiro atoms. The molecule has 0 saturated carbocycles. The van der Waals surface area contributed by atoms with Gasteiger partial charge in [0.2, 0.25) is 0 Å². The van der Waals surface area contributed by atoms with Gasteiger partial charge in [0.15, 0.2) is 0 Å². The van der Waals surface area contributed by atoms with Crippen LogP contribution in [0.5, 0.6) is 0 Å².